The van der Waals surface area contributed by atoms with Gasteiger partial charge in [0, 0.05) is 13.3 Å². The quantitative estimate of drug-likeness (QED) is 0.478. The van der Waals surface area contributed by atoms with E-state index in [4.69, 9.17) is 5.73 Å². The molecular weight excluding hydrogens is 348 g/mol. The zero-order valence-electron chi connectivity index (χ0n) is 16.1. The molecule has 0 aliphatic carbocycles. The first kappa shape index (κ1) is 22.1. The third-order valence-corrected chi connectivity index (χ3v) is 4.01. The van der Waals surface area contributed by atoms with Crippen LogP contribution in [0.25, 0.3) is 0 Å². The molecule has 5 N–H and O–H groups in total. The van der Waals surface area contributed by atoms with Crippen LogP contribution in [0, 0.1) is 5.92 Å². The Bertz CT molecular complexity index is 676. The van der Waals surface area contributed by atoms with Crippen LogP contribution in [0.3, 0.4) is 0 Å². The van der Waals surface area contributed by atoms with E-state index < -0.39 is 35.8 Å². The highest BCUT2D eigenvalue weighted by molar-refractivity contribution is 5.93. The summed E-state index contributed by atoms with van der Waals surface area (Å²) in [4.78, 5) is 47.8. The maximum Gasteiger partial charge on any atom is 0.243 e. The lowest BCUT2D eigenvalue weighted by Gasteiger charge is -2.25. The molecule has 4 amide bonds. The van der Waals surface area contributed by atoms with Crippen LogP contribution >= 0.6 is 0 Å². The van der Waals surface area contributed by atoms with Crippen molar-refractivity contribution >= 4 is 23.6 Å². The first-order chi connectivity index (χ1) is 12.6. The number of nitrogens with one attached hydrogen (secondary N) is 3. The molecule has 0 heterocycles. The van der Waals surface area contributed by atoms with Crippen LogP contribution in [-0.2, 0) is 25.6 Å². The SMILES string of the molecule is CC(=O)NC(C(=O)NC(Cc1ccccc1)C(=O)N[C@H](C)C(N)=O)C(C)C. The standard InChI is InChI=1S/C19H28N4O4/c1-11(2)16(22-13(4)24)19(27)23-15(10-14-8-6-5-7-9-14)18(26)21-12(3)17(20)25/h5-9,11-12,15-16H,10H2,1-4H3,(H2,20,25)(H,21,26)(H,22,24)(H,23,27)/t12-,15?,16?/m1/s1. The number of rotatable bonds is 9. The molecule has 1 rings (SSSR count). The van der Waals surface area contributed by atoms with Crippen LogP contribution < -0.4 is 21.7 Å². The van der Waals surface area contributed by atoms with E-state index >= 15 is 0 Å². The minimum absolute atomic E-state index is 0.168. The van der Waals surface area contributed by atoms with E-state index in [1.54, 1.807) is 13.8 Å². The molecule has 148 valence electrons. The van der Waals surface area contributed by atoms with Gasteiger partial charge in [-0.3, -0.25) is 19.2 Å². The van der Waals surface area contributed by atoms with Crippen LogP contribution in [0.15, 0.2) is 30.3 Å². The van der Waals surface area contributed by atoms with Crippen LogP contribution in [0.2, 0.25) is 0 Å². The molecule has 0 fully saturated rings. The fourth-order valence-corrected chi connectivity index (χ4v) is 2.46. The summed E-state index contributed by atoms with van der Waals surface area (Å²) in [6.07, 6.45) is 0.231. The number of benzene rings is 1. The van der Waals surface area contributed by atoms with E-state index in [0.717, 1.165) is 5.56 Å². The predicted molar refractivity (Wildman–Crippen MR) is 101 cm³/mol. The van der Waals surface area contributed by atoms with E-state index in [1.165, 1.54) is 13.8 Å². The second-order valence-electron chi connectivity index (χ2n) is 6.81. The van der Waals surface area contributed by atoms with Crippen molar-refractivity contribution in [2.45, 2.75) is 52.2 Å². The molecule has 0 aromatic heterocycles. The van der Waals surface area contributed by atoms with Gasteiger partial charge in [-0.2, -0.15) is 0 Å². The Hall–Kier alpha value is -2.90. The smallest absolute Gasteiger partial charge is 0.243 e. The van der Waals surface area contributed by atoms with Gasteiger partial charge in [0.2, 0.25) is 23.6 Å². The molecular formula is C19H28N4O4. The van der Waals surface area contributed by atoms with Crippen LogP contribution in [0.5, 0.6) is 0 Å². The molecule has 1 aromatic carbocycles. The Labute approximate surface area is 159 Å². The Kier molecular flexibility index (Phi) is 8.44. The molecule has 27 heavy (non-hydrogen) atoms. The highest BCUT2D eigenvalue weighted by Crippen LogP contribution is 2.07. The maximum absolute atomic E-state index is 12.6. The third-order valence-electron chi connectivity index (χ3n) is 4.01. The van der Waals surface area contributed by atoms with Gasteiger partial charge < -0.3 is 21.7 Å². The summed E-state index contributed by atoms with van der Waals surface area (Å²) in [5.41, 5.74) is 6.03. The molecule has 0 saturated heterocycles. The van der Waals surface area contributed by atoms with Crippen molar-refractivity contribution in [1.29, 1.82) is 0 Å². The van der Waals surface area contributed by atoms with E-state index in [1.807, 2.05) is 30.3 Å². The molecule has 0 radical (unpaired) electrons. The lowest BCUT2D eigenvalue weighted by Crippen LogP contribution is -2.57. The average molecular weight is 376 g/mol. The highest BCUT2D eigenvalue weighted by Gasteiger charge is 2.29. The number of nitrogens with two attached hydrogens (primary N) is 1. The van der Waals surface area contributed by atoms with Gasteiger partial charge in [-0.15, -0.1) is 0 Å². The molecule has 0 aliphatic heterocycles. The maximum atomic E-state index is 12.6. The van der Waals surface area contributed by atoms with Crippen LogP contribution in [0.1, 0.15) is 33.3 Å². The molecule has 0 saturated carbocycles. The number of carbonyl (C=O) groups excluding carboxylic acids is 4. The lowest BCUT2D eigenvalue weighted by atomic mass is 10.0. The Morgan fingerprint density at radius 1 is 0.926 bits per heavy atom. The van der Waals surface area contributed by atoms with Crippen molar-refractivity contribution in [1.82, 2.24) is 16.0 Å². The van der Waals surface area contributed by atoms with Crippen molar-refractivity contribution in [3.05, 3.63) is 35.9 Å². The average Bonchev–Trinajstić information content (AvgIpc) is 2.59. The molecule has 0 bridgehead atoms. The minimum Gasteiger partial charge on any atom is -0.368 e. The Morgan fingerprint density at radius 3 is 2.00 bits per heavy atom. The summed E-state index contributed by atoms with van der Waals surface area (Å²) in [5, 5.41) is 7.77. The van der Waals surface area contributed by atoms with Crippen molar-refractivity contribution in [2.24, 2.45) is 11.7 Å². The van der Waals surface area contributed by atoms with Crippen molar-refractivity contribution in [3.63, 3.8) is 0 Å². The first-order valence-electron chi connectivity index (χ1n) is 8.83. The van der Waals surface area contributed by atoms with Crippen molar-refractivity contribution in [3.8, 4) is 0 Å². The van der Waals surface area contributed by atoms with Gasteiger partial charge in [0.25, 0.3) is 0 Å². The summed E-state index contributed by atoms with van der Waals surface area (Å²) in [6, 6.07) is 6.59. The van der Waals surface area contributed by atoms with Gasteiger partial charge in [0.05, 0.1) is 0 Å². The van der Waals surface area contributed by atoms with Gasteiger partial charge in [0.1, 0.15) is 18.1 Å². The molecule has 3 atom stereocenters. The summed E-state index contributed by atoms with van der Waals surface area (Å²) >= 11 is 0. The molecule has 8 nitrogen and oxygen atoms in total. The summed E-state index contributed by atoms with van der Waals surface area (Å²) < 4.78 is 0. The second-order valence-corrected chi connectivity index (χ2v) is 6.81. The van der Waals surface area contributed by atoms with Crippen molar-refractivity contribution in [2.75, 3.05) is 0 Å². The van der Waals surface area contributed by atoms with Gasteiger partial charge in [0.15, 0.2) is 0 Å². The van der Waals surface area contributed by atoms with Gasteiger partial charge in [-0.25, -0.2) is 0 Å². The fraction of sp³-hybridized carbons (Fsp3) is 0.474. The monoisotopic (exact) mass is 376 g/mol. The molecule has 0 spiro atoms. The largest absolute Gasteiger partial charge is 0.368 e. The van der Waals surface area contributed by atoms with E-state index in [9.17, 15) is 19.2 Å². The van der Waals surface area contributed by atoms with E-state index in [-0.39, 0.29) is 18.2 Å². The Morgan fingerprint density at radius 2 is 1.52 bits per heavy atom. The van der Waals surface area contributed by atoms with Gasteiger partial charge in [-0.05, 0) is 18.4 Å². The van der Waals surface area contributed by atoms with Gasteiger partial charge in [-0.1, -0.05) is 44.2 Å². The second kappa shape index (κ2) is 10.3. The fourth-order valence-electron chi connectivity index (χ4n) is 2.46. The number of hydrogen-bond donors (Lipinski definition) is 4. The first-order valence-corrected chi connectivity index (χ1v) is 8.83. The van der Waals surface area contributed by atoms with E-state index in [0.29, 0.717) is 0 Å². The zero-order chi connectivity index (χ0) is 20.6. The molecule has 0 aliphatic rings. The molecule has 2 unspecified atom stereocenters. The minimum atomic E-state index is -0.920. The van der Waals surface area contributed by atoms with Crippen LogP contribution in [0.4, 0.5) is 0 Å². The van der Waals surface area contributed by atoms with Crippen molar-refractivity contribution < 1.29 is 19.2 Å². The molecule has 8 heteroatoms. The topological polar surface area (TPSA) is 130 Å². The van der Waals surface area contributed by atoms with Crippen LogP contribution in [-0.4, -0.2) is 41.8 Å². The normalized spacial score (nSPS) is 14.0. The zero-order valence-corrected chi connectivity index (χ0v) is 16.1. The number of primary amides is 1. The highest BCUT2D eigenvalue weighted by atomic mass is 16.2. The summed E-state index contributed by atoms with van der Waals surface area (Å²) in [7, 11) is 0. The number of hydrogen-bond acceptors (Lipinski definition) is 4. The number of carbonyl (C=O) groups is 4. The molecule has 1 aromatic rings. The van der Waals surface area contributed by atoms with E-state index in [2.05, 4.69) is 16.0 Å². The summed E-state index contributed by atoms with van der Waals surface area (Å²) in [6.45, 7) is 6.38. The third kappa shape index (κ3) is 7.47. The Balaban J connectivity index is 2.98. The lowest BCUT2D eigenvalue weighted by molar-refractivity contribution is -0.133. The number of amides is 4. The predicted octanol–water partition coefficient (Wildman–Crippen LogP) is -0.135. The van der Waals surface area contributed by atoms with Gasteiger partial charge >= 0.3 is 0 Å². The summed E-state index contributed by atoms with van der Waals surface area (Å²) in [5.74, 6) is -2.17.